The number of halogens is 2. The number of carbonyl (C=O) groups excluding carboxylic acids is 1. The van der Waals surface area contributed by atoms with Crippen LogP contribution in [0.3, 0.4) is 0 Å². The molecule has 2 fully saturated rings. The summed E-state index contributed by atoms with van der Waals surface area (Å²) < 4.78 is 0. The van der Waals surface area contributed by atoms with E-state index in [2.05, 4.69) is 4.90 Å². The second-order valence-electron chi connectivity index (χ2n) is 6.13. The second kappa shape index (κ2) is 7.64. The minimum Gasteiger partial charge on any atom is -0.338 e. The lowest BCUT2D eigenvalue weighted by Gasteiger charge is -2.38. The van der Waals surface area contributed by atoms with Crippen LogP contribution in [0.2, 0.25) is 0 Å². The third kappa shape index (κ3) is 3.93. The zero-order chi connectivity index (χ0) is 14.2. The Morgan fingerprint density at radius 3 is 2.14 bits per heavy atom. The average Bonchev–Trinajstić information content (AvgIpc) is 3.32. The number of nitrogens with zero attached hydrogens (tertiary/aromatic N) is 2. The quantitative estimate of drug-likeness (QED) is 0.911. The first kappa shape index (κ1) is 19.2. The van der Waals surface area contributed by atoms with E-state index >= 15 is 0 Å². The number of amides is 1. The molecule has 1 aromatic rings. The summed E-state index contributed by atoms with van der Waals surface area (Å²) in [6.45, 7) is 5.39. The van der Waals surface area contributed by atoms with Crippen LogP contribution < -0.4 is 5.73 Å². The Morgan fingerprint density at radius 2 is 1.64 bits per heavy atom. The van der Waals surface area contributed by atoms with E-state index in [1.807, 2.05) is 42.2 Å². The van der Waals surface area contributed by atoms with Crippen molar-refractivity contribution in [1.29, 1.82) is 0 Å². The van der Waals surface area contributed by atoms with E-state index < -0.39 is 5.54 Å². The normalized spacial score (nSPS) is 21.3. The van der Waals surface area contributed by atoms with Gasteiger partial charge in [-0.3, -0.25) is 9.69 Å². The molecule has 1 amide bonds. The zero-order valence-corrected chi connectivity index (χ0v) is 14.5. The maximum Gasteiger partial charge on any atom is 0.247 e. The van der Waals surface area contributed by atoms with Crippen molar-refractivity contribution < 1.29 is 4.79 Å². The van der Waals surface area contributed by atoms with Crippen LogP contribution >= 0.6 is 24.8 Å². The van der Waals surface area contributed by atoms with Crippen LogP contribution in [0.4, 0.5) is 0 Å². The summed E-state index contributed by atoms with van der Waals surface area (Å²) in [6.07, 6.45) is 2.65. The zero-order valence-electron chi connectivity index (χ0n) is 12.9. The molecule has 0 bridgehead atoms. The largest absolute Gasteiger partial charge is 0.338 e. The molecule has 3 rings (SSSR count). The summed E-state index contributed by atoms with van der Waals surface area (Å²) in [4.78, 5) is 17.1. The van der Waals surface area contributed by atoms with Gasteiger partial charge in [0.2, 0.25) is 5.91 Å². The lowest BCUT2D eigenvalue weighted by molar-refractivity contribution is -0.138. The summed E-state index contributed by atoms with van der Waals surface area (Å²) in [5.41, 5.74) is 6.27. The molecule has 1 saturated heterocycles. The number of rotatable bonds is 3. The molecule has 1 aliphatic carbocycles. The Hall–Kier alpha value is -0.810. The van der Waals surface area contributed by atoms with Gasteiger partial charge >= 0.3 is 0 Å². The van der Waals surface area contributed by atoms with Crippen LogP contribution in [-0.4, -0.2) is 47.9 Å². The van der Waals surface area contributed by atoms with Crippen molar-refractivity contribution >= 4 is 30.7 Å². The average molecular weight is 346 g/mol. The highest BCUT2D eigenvalue weighted by molar-refractivity contribution is 5.87. The van der Waals surface area contributed by atoms with E-state index in [-0.39, 0.29) is 30.7 Å². The molecule has 1 atom stereocenters. The van der Waals surface area contributed by atoms with Crippen LogP contribution in [0.25, 0.3) is 0 Å². The number of hydrogen-bond acceptors (Lipinski definition) is 3. The van der Waals surface area contributed by atoms with Gasteiger partial charge in [0.05, 0.1) is 0 Å². The first-order valence-corrected chi connectivity index (χ1v) is 7.47. The summed E-state index contributed by atoms with van der Waals surface area (Å²) in [7, 11) is 0. The Kier molecular flexibility index (Phi) is 6.68. The molecule has 4 nitrogen and oxygen atoms in total. The molecule has 1 saturated carbocycles. The van der Waals surface area contributed by atoms with Crippen molar-refractivity contribution in [3.05, 3.63) is 35.9 Å². The maximum absolute atomic E-state index is 12.7. The topological polar surface area (TPSA) is 49.6 Å². The Balaban J connectivity index is 0.00000121. The fourth-order valence-corrected chi connectivity index (χ4v) is 2.97. The van der Waals surface area contributed by atoms with Crippen molar-refractivity contribution in [2.24, 2.45) is 5.73 Å². The van der Waals surface area contributed by atoms with Gasteiger partial charge in [0.15, 0.2) is 0 Å². The Morgan fingerprint density at radius 1 is 1.09 bits per heavy atom. The molecule has 124 valence electrons. The monoisotopic (exact) mass is 345 g/mol. The molecular weight excluding hydrogens is 321 g/mol. The molecule has 0 radical (unpaired) electrons. The van der Waals surface area contributed by atoms with E-state index in [9.17, 15) is 4.79 Å². The van der Waals surface area contributed by atoms with E-state index in [1.54, 1.807) is 0 Å². The summed E-state index contributed by atoms with van der Waals surface area (Å²) >= 11 is 0. The van der Waals surface area contributed by atoms with Crippen molar-refractivity contribution in [2.75, 3.05) is 26.2 Å². The van der Waals surface area contributed by atoms with Gasteiger partial charge in [-0.15, -0.1) is 24.8 Å². The molecule has 0 spiro atoms. The molecule has 6 heteroatoms. The lowest BCUT2D eigenvalue weighted by Crippen LogP contribution is -2.57. The molecule has 2 aliphatic rings. The molecule has 1 unspecified atom stereocenters. The molecule has 1 aliphatic heterocycles. The minimum absolute atomic E-state index is 0. The summed E-state index contributed by atoms with van der Waals surface area (Å²) in [5.74, 6) is 0.0409. The fourth-order valence-electron chi connectivity index (χ4n) is 2.97. The van der Waals surface area contributed by atoms with Crippen molar-refractivity contribution in [2.45, 2.75) is 31.3 Å². The van der Waals surface area contributed by atoms with E-state index in [4.69, 9.17) is 5.73 Å². The third-order valence-electron chi connectivity index (χ3n) is 4.48. The Labute approximate surface area is 144 Å². The fraction of sp³-hybridized carbons (Fsp3) is 0.562. The van der Waals surface area contributed by atoms with Gasteiger partial charge in [0.1, 0.15) is 5.54 Å². The number of hydrogen-bond donors (Lipinski definition) is 1. The Bertz CT molecular complexity index is 483. The molecule has 0 aromatic heterocycles. The smallest absolute Gasteiger partial charge is 0.247 e. The van der Waals surface area contributed by atoms with E-state index in [1.165, 1.54) is 12.8 Å². The first-order valence-electron chi connectivity index (χ1n) is 7.47. The van der Waals surface area contributed by atoms with Crippen molar-refractivity contribution in [3.8, 4) is 0 Å². The SMILES string of the molecule is CC(N)(C(=O)N1CCN(C2CC2)CC1)c1ccccc1.Cl.Cl. The minimum atomic E-state index is -0.928. The molecule has 22 heavy (non-hydrogen) atoms. The van der Waals surface area contributed by atoms with Gasteiger partial charge in [-0.25, -0.2) is 0 Å². The number of piperazine rings is 1. The summed E-state index contributed by atoms with van der Waals surface area (Å²) in [6, 6.07) is 10.4. The predicted octanol–water partition coefficient (Wildman–Crippen LogP) is 2.01. The third-order valence-corrected chi connectivity index (χ3v) is 4.48. The van der Waals surface area contributed by atoms with Gasteiger partial charge in [-0.2, -0.15) is 0 Å². The van der Waals surface area contributed by atoms with Crippen molar-refractivity contribution in [1.82, 2.24) is 9.80 Å². The van der Waals surface area contributed by atoms with Crippen LogP contribution in [0, 0.1) is 0 Å². The number of carbonyl (C=O) groups is 1. The standard InChI is InChI=1S/C16H23N3O.2ClH/c1-16(17,13-5-3-2-4-6-13)15(20)19-11-9-18(10-12-19)14-7-8-14;;/h2-6,14H,7-12,17H2,1H3;2*1H. The van der Waals surface area contributed by atoms with Gasteiger partial charge in [-0.1, -0.05) is 30.3 Å². The van der Waals surface area contributed by atoms with E-state index in [0.29, 0.717) is 0 Å². The molecule has 2 N–H and O–H groups in total. The van der Waals surface area contributed by atoms with Crippen LogP contribution in [0.1, 0.15) is 25.3 Å². The number of benzene rings is 1. The highest BCUT2D eigenvalue weighted by Gasteiger charge is 2.37. The van der Waals surface area contributed by atoms with Gasteiger partial charge in [0, 0.05) is 32.2 Å². The van der Waals surface area contributed by atoms with E-state index in [0.717, 1.165) is 37.8 Å². The van der Waals surface area contributed by atoms with Gasteiger partial charge < -0.3 is 10.6 Å². The highest BCUT2D eigenvalue weighted by Crippen LogP contribution is 2.28. The molecular formula is C16H25Cl2N3O. The lowest BCUT2D eigenvalue weighted by atomic mass is 9.91. The van der Waals surface area contributed by atoms with Crippen LogP contribution in [-0.2, 0) is 10.3 Å². The van der Waals surface area contributed by atoms with Crippen LogP contribution in [0.5, 0.6) is 0 Å². The van der Waals surface area contributed by atoms with Crippen molar-refractivity contribution in [3.63, 3.8) is 0 Å². The highest BCUT2D eigenvalue weighted by atomic mass is 35.5. The van der Waals surface area contributed by atoms with Crippen LogP contribution in [0.15, 0.2) is 30.3 Å². The second-order valence-corrected chi connectivity index (χ2v) is 6.13. The summed E-state index contributed by atoms with van der Waals surface area (Å²) in [5, 5.41) is 0. The predicted molar refractivity (Wildman–Crippen MR) is 93.7 cm³/mol. The first-order chi connectivity index (χ1) is 9.59. The maximum atomic E-state index is 12.7. The van der Waals surface area contributed by atoms with Gasteiger partial charge in [0.25, 0.3) is 0 Å². The number of nitrogens with two attached hydrogens (primary N) is 1. The molecule has 1 heterocycles. The van der Waals surface area contributed by atoms with Gasteiger partial charge in [-0.05, 0) is 25.3 Å². The molecule has 1 aromatic carbocycles.